The molecule has 57 heavy (non-hydrogen) atoms. The summed E-state index contributed by atoms with van der Waals surface area (Å²) >= 11 is 25.2. The quantitative estimate of drug-likeness (QED) is 0.0988. The van der Waals surface area contributed by atoms with Crippen LogP contribution in [0, 0.1) is 42.9 Å². The van der Waals surface area contributed by atoms with Crippen molar-refractivity contribution >= 4 is 78.1 Å². The molecule has 0 aliphatic heterocycles. The number of hydrogen-bond acceptors (Lipinski definition) is 3. The van der Waals surface area contributed by atoms with E-state index in [9.17, 15) is 21.6 Å². The fraction of sp³-hybridized carbons (Fsp3) is 0.0435. The molecule has 0 aliphatic rings. The summed E-state index contributed by atoms with van der Waals surface area (Å²) in [5.41, 5.74) is -0.402. The van der Waals surface area contributed by atoms with Crippen LogP contribution in [0.2, 0.25) is 20.1 Å². The lowest BCUT2D eigenvalue weighted by atomic mass is 10.0. The van der Waals surface area contributed by atoms with Crippen LogP contribution in [0.15, 0.2) is 140 Å². The van der Waals surface area contributed by atoms with Crippen LogP contribution in [0.5, 0.6) is 5.75 Å². The first-order chi connectivity index (χ1) is 27.2. The van der Waals surface area contributed by atoms with Crippen LogP contribution in [0.1, 0.15) is 33.4 Å². The van der Waals surface area contributed by atoms with Crippen LogP contribution in [-0.2, 0) is 10.1 Å². The molecule has 0 unspecified atom stereocenters. The molecule has 0 aromatic heterocycles. The van der Waals surface area contributed by atoms with Crippen LogP contribution < -0.4 is 4.18 Å². The summed E-state index contributed by atoms with van der Waals surface area (Å²) < 4.78 is 63.0. The maximum atomic E-state index is 12.3. The molecule has 7 aromatic carbocycles. The molecule has 0 aliphatic carbocycles. The lowest BCUT2D eigenvalue weighted by Gasteiger charge is -2.12. The zero-order valence-electron chi connectivity index (χ0n) is 29.6. The highest BCUT2D eigenvalue weighted by molar-refractivity contribution is 7.88. The van der Waals surface area contributed by atoms with Crippen LogP contribution in [0.25, 0.3) is 21.5 Å². The van der Waals surface area contributed by atoms with Crippen molar-refractivity contribution < 1.29 is 25.8 Å². The van der Waals surface area contributed by atoms with Gasteiger partial charge in [-0.3, -0.25) is 0 Å². The van der Waals surface area contributed by atoms with Gasteiger partial charge in [-0.2, -0.15) is 21.6 Å². The highest BCUT2D eigenvalue weighted by Crippen LogP contribution is 2.39. The lowest BCUT2D eigenvalue weighted by molar-refractivity contribution is -0.0500. The largest absolute Gasteiger partial charge is 0.534 e. The number of alkyl halides is 3. The van der Waals surface area contributed by atoms with E-state index in [2.05, 4.69) is 33.8 Å². The molecule has 3 nitrogen and oxygen atoms in total. The van der Waals surface area contributed by atoms with E-state index in [-0.39, 0.29) is 5.02 Å². The van der Waals surface area contributed by atoms with E-state index in [1.54, 1.807) is 13.0 Å². The first-order valence-corrected chi connectivity index (χ1v) is 19.6. The first kappa shape index (κ1) is 42.6. The topological polar surface area (TPSA) is 43.4 Å². The number of benzene rings is 7. The van der Waals surface area contributed by atoms with Gasteiger partial charge in [0.25, 0.3) is 0 Å². The maximum absolute atomic E-state index is 12.3. The molecule has 0 fully saturated rings. The van der Waals surface area contributed by atoms with Crippen molar-refractivity contribution in [1.82, 2.24) is 0 Å². The summed E-state index contributed by atoms with van der Waals surface area (Å²) in [7, 11) is -5.78. The first-order valence-electron chi connectivity index (χ1n) is 16.6. The molecule has 0 saturated heterocycles. The summed E-state index contributed by atoms with van der Waals surface area (Å²) in [6.45, 7) is 1.74. The molecular formula is C46H27Cl4F3O3S. The van der Waals surface area contributed by atoms with E-state index < -0.39 is 21.4 Å². The Morgan fingerprint density at radius 3 is 1.32 bits per heavy atom. The minimum atomic E-state index is -5.78. The van der Waals surface area contributed by atoms with Gasteiger partial charge in [-0.15, -0.1) is 6.42 Å². The van der Waals surface area contributed by atoms with Gasteiger partial charge in [-0.05, 0) is 73.2 Å². The van der Waals surface area contributed by atoms with Crippen LogP contribution >= 0.6 is 46.4 Å². The Morgan fingerprint density at radius 1 is 0.509 bits per heavy atom. The van der Waals surface area contributed by atoms with Crippen molar-refractivity contribution in [2.45, 2.75) is 12.4 Å². The van der Waals surface area contributed by atoms with Crippen molar-refractivity contribution in [1.29, 1.82) is 0 Å². The van der Waals surface area contributed by atoms with Crippen LogP contribution in [-0.4, -0.2) is 13.9 Å². The SMILES string of the molecule is C#Cc1ccccc1.Cc1ccc2c(Cl)c(OS(=O)(=O)C(F)(F)F)ccc2c1Cl.Clc1c(C#Cc2ccccc2)ccc2c(Cl)c(C#Cc3ccccc3)ccc12. The van der Waals surface area contributed by atoms with Gasteiger partial charge in [-0.25, -0.2) is 0 Å². The van der Waals surface area contributed by atoms with Gasteiger partial charge < -0.3 is 4.18 Å². The Kier molecular flexibility index (Phi) is 14.2. The molecular weight excluding hydrogens is 831 g/mol. The van der Waals surface area contributed by atoms with Gasteiger partial charge in [0.1, 0.15) is 0 Å². The van der Waals surface area contributed by atoms with Crippen molar-refractivity contribution in [3.05, 3.63) is 193 Å². The minimum absolute atomic E-state index is 0.262. The van der Waals surface area contributed by atoms with Crippen molar-refractivity contribution in [3.8, 4) is 41.8 Å². The van der Waals surface area contributed by atoms with Crippen molar-refractivity contribution in [2.24, 2.45) is 0 Å². The normalized spacial score (nSPS) is 10.6. The second kappa shape index (κ2) is 19.1. The number of aryl methyl sites for hydroxylation is 1. The van der Waals surface area contributed by atoms with Gasteiger partial charge in [0.2, 0.25) is 0 Å². The van der Waals surface area contributed by atoms with E-state index in [1.165, 1.54) is 12.1 Å². The molecule has 0 amide bonds. The average Bonchev–Trinajstić information content (AvgIpc) is 3.21. The fourth-order valence-corrected chi connectivity index (χ4v) is 6.59. The van der Waals surface area contributed by atoms with Crippen molar-refractivity contribution in [2.75, 3.05) is 0 Å². The summed E-state index contributed by atoms with van der Waals surface area (Å²) in [5.74, 6) is 14.5. The van der Waals surface area contributed by atoms with Crippen LogP contribution in [0.3, 0.4) is 0 Å². The molecule has 0 spiro atoms. The molecule has 284 valence electrons. The molecule has 0 radical (unpaired) electrons. The Labute approximate surface area is 349 Å². The van der Waals surface area contributed by atoms with Crippen molar-refractivity contribution in [3.63, 3.8) is 0 Å². The number of halogens is 7. The lowest BCUT2D eigenvalue weighted by Crippen LogP contribution is -2.28. The number of fused-ring (bicyclic) bond motifs is 2. The Bertz CT molecular complexity index is 2730. The van der Waals surface area contributed by atoms with Gasteiger partial charge in [-0.1, -0.05) is 155 Å². The number of terminal acetylenes is 1. The zero-order valence-corrected chi connectivity index (χ0v) is 33.5. The van der Waals surface area contributed by atoms with E-state index in [0.717, 1.165) is 50.2 Å². The Hall–Kier alpha value is -5.56. The fourth-order valence-electron chi connectivity index (χ4n) is 5.03. The van der Waals surface area contributed by atoms with E-state index >= 15 is 0 Å². The third kappa shape index (κ3) is 10.9. The summed E-state index contributed by atoms with van der Waals surface area (Å²) in [5, 5.41) is 3.84. The maximum Gasteiger partial charge on any atom is 0.534 e. The van der Waals surface area contributed by atoms with Gasteiger partial charge in [0.05, 0.1) is 20.1 Å². The third-order valence-corrected chi connectivity index (χ3v) is 10.6. The molecule has 7 aromatic rings. The summed E-state index contributed by atoms with van der Waals surface area (Å²) in [4.78, 5) is 0. The van der Waals surface area contributed by atoms with E-state index in [4.69, 9.17) is 52.8 Å². The van der Waals surface area contributed by atoms with E-state index in [1.807, 2.05) is 115 Å². The molecule has 0 saturated carbocycles. The standard InChI is InChI=1S/C26H14Cl2.C12H7Cl2F3O3S.C8H6/c27-25-21(13-11-19-7-3-1-4-8-19)15-17-24-23(25)18-16-22(26(24)28)14-12-20-9-5-2-6-10-20;1-6-2-3-8-7(10(6)13)4-5-9(11(8)14)20-21(18,19)12(15,16)17;1-2-8-6-4-3-5-7-8/h1-10,15-18H;2-5H,1H3;1,3-7H. The summed E-state index contributed by atoms with van der Waals surface area (Å²) in [6, 6.07) is 42.5. The predicted octanol–water partition coefficient (Wildman–Crippen LogP) is 13.3. The van der Waals surface area contributed by atoms with Gasteiger partial charge in [0.15, 0.2) is 5.75 Å². The number of rotatable bonds is 2. The molecule has 0 heterocycles. The predicted molar refractivity (Wildman–Crippen MR) is 227 cm³/mol. The van der Waals surface area contributed by atoms with E-state index in [0.29, 0.717) is 25.8 Å². The third-order valence-electron chi connectivity index (χ3n) is 7.95. The highest BCUT2D eigenvalue weighted by atomic mass is 35.5. The van der Waals surface area contributed by atoms with Crippen LogP contribution in [0.4, 0.5) is 13.2 Å². The molecule has 7 rings (SSSR count). The minimum Gasteiger partial charge on any atom is -0.374 e. The summed E-state index contributed by atoms with van der Waals surface area (Å²) in [6.07, 6.45) is 5.10. The highest BCUT2D eigenvalue weighted by Gasteiger charge is 2.48. The molecule has 0 bridgehead atoms. The zero-order chi connectivity index (χ0) is 41.2. The van der Waals surface area contributed by atoms with Gasteiger partial charge in [0, 0.05) is 49.4 Å². The second-order valence-electron chi connectivity index (χ2n) is 11.8. The average molecular weight is 859 g/mol. The van der Waals surface area contributed by atoms with Gasteiger partial charge >= 0.3 is 15.6 Å². The molecule has 11 heteroatoms. The second-order valence-corrected chi connectivity index (χ2v) is 14.9. The molecule has 0 atom stereocenters. The smallest absolute Gasteiger partial charge is 0.374 e. The Morgan fingerprint density at radius 2 is 0.895 bits per heavy atom. The molecule has 0 N–H and O–H groups in total. The Balaban J connectivity index is 0.000000187. The monoisotopic (exact) mass is 856 g/mol. The number of hydrogen-bond donors (Lipinski definition) is 0.